The molecule has 0 N–H and O–H groups in total. The molecule has 8 atom stereocenters. The van der Waals surface area contributed by atoms with E-state index in [2.05, 4.69) is 45.0 Å². The summed E-state index contributed by atoms with van der Waals surface area (Å²) < 4.78 is 12.8. The molecular formula is C20H32O4Si. The Morgan fingerprint density at radius 3 is 2.48 bits per heavy atom. The van der Waals surface area contributed by atoms with Gasteiger partial charge in [0.25, 0.3) is 0 Å². The Morgan fingerprint density at radius 2 is 1.76 bits per heavy atom. The van der Waals surface area contributed by atoms with Crippen LogP contribution in [-0.2, 0) is 19.2 Å². The first-order valence-corrected chi connectivity index (χ1v) is 13.4. The molecule has 5 heteroatoms. The van der Waals surface area contributed by atoms with E-state index in [-0.39, 0.29) is 12.4 Å². The predicted molar refractivity (Wildman–Crippen MR) is 98.0 cm³/mol. The van der Waals surface area contributed by atoms with Crippen molar-refractivity contribution < 1.29 is 19.2 Å². The highest BCUT2D eigenvalue weighted by atomic mass is 28.3. The van der Waals surface area contributed by atoms with Crippen molar-refractivity contribution in [2.45, 2.75) is 89.9 Å². The molecule has 2 bridgehead atoms. The Labute approximate surface area is 152 Å². The van der Waals surface area contributed by atoms with E-state index in [0.717, 1.165) is 19.3 Å². The SMILES string of the molecule is C[C@H]1[C@@H](C#C[Si](C)(C)C)O[C@@H]2O[C@@]3(C)CC[C@H]4[C@H](C)CC[C@@H]1[C@@]24OO3. The second-order valence-corrected chi connectivity index (χ2v) is 14.6. The van der Waals surface area contributed by atoms with Gasteiger partial charge in [0.05, 0.1) is 0 Å². The van der Waals surface area contributed by atoms with E-state index in [0.29, 0.717) is 23.7 Å². The molecule has 0 radical (unpaired) electrons. The van der Waals surface area contributed by atoms with E-state index in [9.17, 15) is 0 Å². The van der Waals surface area contributed by atoms with Gasteiger partial charge in [-0.3, -0.25) is 0 Å². The third kappa shape index (κ3) is 2.81. The highest BCUT2D eigenvalue weighted by Gasteiger charge is 2.69. The predicted octanol–water partition coefficient (Wildman–Crippen LogP) is 4.12. The summed E-state index contributed by atoms with van der Waals surface area (Å²) in [6, 6.07) is 0. The molecule has 0 unspecified atom stereocenters. The molecular weight excluding hydrogens is 332 g/mol. The average molecular weight is 365 g/mol. The van der Waals surface area contributed by atoms with Crippen molar-refractivity contribution in [3.63, 3.8) is 0 Å². The largest absolute Gasteiger partial charge is 0.333 e. The van der Waals surface area contributed by atoms with Gasteiger partial charge in [0.2, 0.25) is 5.79 Å². The lowest BCUT2D eigenvalue weighted by molar-refractivity contribution is -0.569. The lowest BCUT2D eigenvalue weighted by atomic mass is 9.57. The molecule has 1 spiro atoms. The van der Waals surface area contributed by atoms with E-state index in [1.165, 1.54) is 6.42 Å². The molecule has 0 aromatic carbocycles. The van der Waals surface area contributed by atoms with Crippen LogP contribution in [0, 0.1) is 35.1 Å². The zero-order valence-electron chi connectivity index (χ0n) is 16.4. The van der Waals surface area contributed by atoms with Crippen LogP contribution in [0.2, 0.25) is 19.6 Å². The van der Waals surface area contributed by atoms with Gasteiger partial charge in [0.1, 0.15) is 14.2 Å². The van der Waals surface area contributed by atoms with Gasteiger partial charge in [-0.25, -0.2) is 9.78 Å². The minimum absolute atomic E-state index is 0.0760. The minimum atomic E-state index is -1.44. The van der Waals surface area contributed by atoms with Crippen LogP contribution in [0.4, 0.5) is 0 Å². The highest BCUT2D eigenvalue weighted by molar-refractivity contribution is 6.83. The lowest BCUT2D eigenvalue weighted by Crippen LogP contribution is -2.70. The van der Waals surface area contributed by atoms with Crippen molar-refractivity contribution in [2.24, 2.45) is 23.7 Å². The van der Waals surface area contributed by atoms with E-state index in [1.54, 1.807) is 0 Å². The van der Waals surface area contributed by atoms with Crippen molar-refractivity contribution in [1.82, 2.24) is 0 Å². The maximum atomic E-state index is 6.47. The molecule has 5 fully saturated rings. The van der Waals surface area contributed by atoms with Crippen molar-refractivity contribution in [2.75, 3.05) is 0 Å². The summed E-state index contributed by atoms with van der Waals surface area (Å²) in [7, 11) is -1.44. The van der Waals surface area contributed by atoms with Gasteiger partial charge in [-0.15, -0.1) is 5.54 Å². The summed E-state index contributed by atoms with van der Waals surface area (Å²) in [4.78, 5) is 12.0. The summed E-state index contributed by atoms with van der Waals surface area (Å²) in [5.41, 5.74) is 3.04. The molecule has 4 aliphatic heterocycles. The second-order valence-electron chi connectivity index (χ2n) is 9.85. The molecule has 4 heterocycles. The molecule has 5 aliphatic rings. The van der Waals surface area contributed by atoms with Crippen LogP contribution in [0.15, 0.2) is 0 Å². The van der Waals surface area contributed by atoms with E-state index in [4.69, 9.17) is 19.2 Å². The molecule has 0 aromatic heterocycles. The van der Waals surface area contributed by atoms with Crippen LogP contribution in [0.3, 0.4) is 0 Å². The number of ether oxygens (including phenoxy) is 2. The smallest absolute Gasteiger partial charge is 0.201 e. The van der Waals surface area contributed by atoms with Gasteiger partial charge in [-0.2, -0.15) is 0 Å². The van der Waals surface area contributed by atoms with Crippen LogP contribution < -0.4 is 0 Å². The number of hydrogen-bond donors (Lipinski definition) is 0. The fourth-order valence-electron chi connectivity index (χ4n) is 5.36. The summed E-state index contributed by atoms with van der Waals surface area (Å²) in [5.74, 6) is 4.49. The molecule has 0 amide bonds. The Hall–Kier alpha value is -0.383. The Balaban J connectivity index is 1.73. The highest BCUT2D eigenvalue weighted by Crippen LogP contribution is 2.60. The molecule has 140 valence electrons. The fourth-order valence-corrected chi connectivity index (χ4v) is 5.93. The average Bonchev–Trinajstić information content (AvgIpc) is 2.75. The van der Waals surface area contributed by atoms with Crippen LogP contribution >= 0.6 is 0 Å². The fraction of sp³-hybridized carbons (Fsp3) is 0.900. The lowest BCUT2D eigenvalue weighted by Gasteiger charge is -2.59. The van der Waals surface area contributed by atoms with Gasteiger partial charge in [-0.05, 0) is 43.9 Å². The summed E-state index contributed by atoms with van der Waals surface area (Å²) >= 11 is 0. The van der Waals surface area contributed by atoms with Crippen molar-refractivity contribution in [3.05, 3.63) is 0 Å². The van der Waals surface area contributed by atoms with Crippen LogP contribution in [0.1, 0.15) is 46.5 Å². The maximum Gasteiger partial charge on any atom is 0.201 e. The topological polar surface area (TPSA) is 36.9 Å². The summed E-state index contributed by atoms with van der Waals surface area (Å²) in [6.07, 6.45) is 3.86. The summed E-state index contributed by atoms with van der Waals surface area (Å²) in [5, 5.41) is 0. The van der Waals surface area contributed by atoms with E-state index >= 15 is 0 Å². The number of hydrogen-bond acceptors (Lipinski definition) is 4. The molecule has 1 aliphatic carbocycles. The van der Waals surface area contributed by atoms with Crippen molar-refractivity contribution in [3.8, 4) is 11.5 Å². The first-order chi connectivity index (χ1) is 11.6. The third-order valence-electron chi connectivity index (χ3n) is 6.75. The van der Waals surface area contributed by atoms with Crippen molar-refractivity contribution >= 4 is 8.07 Å². The quantitative estimate of drug-likeness (QED) is 0.368. The molecule has 4 saturated heterocycles. The van der Waals surface area contributed by atoms with Gasteiger partial charge >= 0.3 is 0 Å². The molecule has 4 nitrogen and oxygen atoms in total. The first kappa shape index (κ1) is 18.0. The van der Waals surface area contributed by atoms with E-state index in [1.807, 2.05) is 6.92 Å². The van der Waals surface area contributed by atoms with Gasteiger partial charge in [0.15, 0.2) is 11.9 Å². The molecule has 0 aromatic rings. The zero-order valence-corrected chi connectivity index (χ0v) is 17.4. The van der Waals surface area contributed by atoms with Gasteiger partial charge < -0.3 is 9.47 Å². The first-order valence-electron chi connectivity index (χ1n) is 9.87. The Kier molecular flexibility index (Phi) is 4.18. The molecule has 5 rings (SSSR count). The normalized spacial score (nSPS) is 51.9. The van der Waals surface area contributed by atoms with E-state index < -0.39 is 19.5 Å². The third-order valence-corrected chi connectivity index (χ3v) is 7.64. The number of rotatable bonds is 0. The number of fused-ring (bicyclic) bond motifs is 2. The monoisotopic (exact) mass is 364 g/mol. The minimum Gasteiger partial charge on any atom is -0.333 e. The van der Waals surface area contributed by atoms with Crippen LogP contribution in [-0.4, -0.2) is 31.9 Å². The zero-order chi connectivity index (χ0) is 18.0. The Bertz CT molecular complexity index is 605. The summed E-state index contributed by atoms with van der Waals surface area (Å²) in [6.45, 7) is 13.4. The van der Waals surface area contributed by atoms with Crippen LogP contribution in [0.25, 0.3) is 0 Å². The van der Waals surface area contributed by atoms with Gasteiger partial charge in [-0.1, -0.05) is 39.4 Å². The maximum absolute atomic E-state index is 6.47. The van der Waals surface area contributed by atoms with Crippen molar-refractivity contribution in [1.29, 1.82) is 0 Å². The van der Waals surface area contributed by atoms with Crippen LogP contribution in [0.5, 0.6) is 0 Å². The second kappa shape index (κ2) is 5.81. The molecule has 25 heavy (non-hydrogen) atoms. The standard InChI is InChI=1S/C20H32O4Si/c1-13-7-8-16-14(2)17(10-12-25(4,5)6)21-18-20(16)15(13)9-11-19(3,22-18)23-24-20/h13-18H,7-9,11H2,1-6H3/t13-,14-,15+,16+,17-,18-,19-,20-/m1/s1. The Morgan fingerprint density at radius 1 is 1.00 bits per heavy atom. The van der Waals surface area contributed by atoms with Gasteiger partial charge in [0, 0.05) is 12.3 Å². The molecule has 1 saturated carbocycles.